The first kappa shape index (κ1) is 11.0. The summed E-state index contributed by atoms with van der Waals surface area (Å²) >= 11 is 0. The van der Waals surface area contributed by atoms with E-state index in [-0.39, 0.29) is 0 Å². The van der Waals surface area contributed by atoms with Gasteiger partial charge in [0.2, 0.25) is 0 Å². The lowest BCUT2D eigenvalue weighted by molar-refractivity contribution is 0.809. The summed E-state index contributed by atoms with van der Waals surface area (Å²) < 4.78 is 0. The minimum absolute atomic E-state index is 0.461. The topological polar surface area (TPSA) is 37.8 Å². The van der Waals surface area contributed by atoms with E-state index < -0.39 is 0 Å². The van der Waals surface area contributed by atoms with Crippen molar-refractivity contribution >= 4 is 5.82 Å². The Hall–Kier alpha value is -1.12. The van der Waals surface area contributed by atoms with Gasteiger partial charge >= 0.3 is 0 Å². The molecule has 0 unspecified atom stereocenters. The van der Waals surface area contributed by atoms with Gasteiger partial charge in [-0.1, -0.05) is 20.8 Å². The Morgan fingerprint density at radius 2 is 1.93 bits per heavy atom. The predicted molar refractivity (Wildman–Crippen MR) is 59.8 cm³/mol. The Bertz CT molecular complexity index is 319. The van der Waals surface area contributed by atoms with Crippen LogP contribution in [0.15, 0.2) is 0 Å². The molecule has 14 heavy (non-hydrogen) atoms. The van der Waals surface area contributed by atoms with Crippen molar-refractivity contribution in [3.8, 4) is 0 Å². The summed E-state index contributed by atoms with van der Waals surface area (Å²) in [6.07, 6.45) is 0.883. The highest BCUT2D eigenvalue weighted by Crippen LogP contribution is 2.24. The van der Waals surface area contributed by atoms with E-state index in [2.05, 4.69) is 43.0 Å². The van der Waals surface area contributed by atoms with Gasteiger partial charge in [0.15, 0.2) is 0 Å². The first-order valence-electron chi connectivity index (χ1n) is 5.15. The van der Waals surface area contributed by atoms with Gasteiger partial charge in [0.25, 0.3) is 0 Å². The van der Waals surface area contributed by atoms with Crippen LogP contribution in [0.3, 0.4) is 0 Å². The second-order valence-corrected chi connectivity index (χ2v) is 3.75. The number of rotatable bonds is 3. The molecule has 1 heterocycles. The molecule has 78 valence electrons. The minimum Gasteiger partial charge on any atom is -0.373 e. The van der Waals surface area contributed by atoms with Gasteiger partial charge < -0.3 is 5.32 Å². The van der Waals surface area contributed by atoms with Crippen molar-refractivity contribution in [2.24, 2.45) is 0 Å². The highest BCUT2D eigenvalue weighted by molar-refractivity contribution is 5.47. The summed E-state index contributed by atoms with van der Waals surface area (Å²) in [4.78, 5) is 8.94. The molecule has 1 aromatic heterocycles. The van der Waals surface area contributed by atoms with Crippen molar-refractivity contribution in [2.75, 3.05) is 12.4 Å². The van der Waals surface area contributed by atoms with Crippen LogP contribution >= 0.6 is 0 Å². The molecule has 3 heteroatoms. The fourth-order valence-corrected chi connectivity index (χ4v) is 1.68. The number of aryl methyl sites for hydroxylation is 2. The molecule has 0 bridgehead atoms. The third-order valence-electron chi connectivity index (χ3n) is 2.31. The van der Waals surface area contributed by atoms with Gasteiger partial charge in [-0.05, 0) is 12.8 Å². The molecule has 0 aliphatic heterocycles. The summed E-state index contributed by atoms with van der Waals surface area (Å²) in [5.41, 5.74) is 2.32. The summed E-state index contributed by atoms with van der Waals surface area (Å²) in [6.45, 7) is 8.45. The fraction of sp³-hybridized carbons (Fsp3) is 0.636. The van der Waals surface area contributed by atoms with Crippen LogP contribution in [-0.2, 0) is 6.42 Å². The van der Waals surface area contributed by atoms with Gasteiger partial charge in [-0.25, -0.2) is 9.97 Å². The third kappa shape index (κ3) is 2.03. The van der Waals surface area contributed by atoms with Crippen molar-refractivity contribution in [1.82, 2.24) is 9.97 Å². The second kappa shape index (κ2) is 4.40. The molecule has 0 spiro atoms. The van der Waals surface area contributed by atoms with Gasteiger partial charge in [-0.2, -0.15) is 0 Å². The number of hydrogen-bond donors (Lipinski definition) is 1. The zero-order valence-electron chi connectivity index (χ0n) is 9.68. The van der Waals surface area contributed by atoms with E-state index >= 15 is 0 Å². The molecule has 0 saturated carbocycles. The van der Waals surface area contributed by atoms with E-state index in [9.17, 15) is 0 Å². The van der Waals surface area contributed by atoms with Crippen LogP contribution in [0.1, 0.15) is 43.8 Å². The monoisotopic (exact) mass is 193 g/mol. The Balaban J connectivity index is 3.27. The lowest BCUT2D eigenvalue weighted by Crippen LogP contribution is -2.08. The summed E-state index contributed by atoms with van der Waals surface area (Å²) in [6, 6.07) is 0. The number of nitrogens with one attached hydrogen (secondary N) is 1. The van der Waals surface area contributed by atoms with Gasteiger partial charge in [0, 0.05) is 24.7 Å². The van der Waals surface area contributed by atoms with E-state index in [1.54, 1.807) is 0 Å². The maximum atomic E-state index is 4.47. The molecule has 0 saturated heterocycles. The average Bonchev–Trinajstić information content (AvgIpc) is 2.15. The first-order chi connectivity index (χ1) is 6.60. The Labute approximate surface area is 86.0 Å². The average molecular weight is 193 g/mol. The highest BCUT2D eigenvalue weighted by Gasteiger charge is 2.12. The maximum absolute atomic E-state index is 4.47. The molecular weight excluding hydrogens is 174 g/mol. The third-order valence-corrected chi connectivity index (χ3v) is 2.31. The smallest absolute Gasteiger partial charge is 0.133 e. The molecule has 1 N–H and O–H groups in total. The van der Waals surface area contributed by atoms with E-state index in [0.29, 0.717) is 5.92 Å². The van der Waals surface area contributed by atoms with Crippen LogP contribution in [0.5, 0.6) is 0 Å². The minimum atomic E-state index is 0.461. The van der Waals surface area contributed by atoms with E-state index in [0.717, 1.165) is 23.8 Å². The van der Waals surface area contributed by atoms with Crippen molar-refractivity contribution in [2.45, 2.75) is 40.0 Å². The van der Waals surface area contributed by atoms with Crippen LogP contribution in [0, 0.1) is 6.92 Å². The van der Waals surface area contributed by atoms with E-state index in [1.807, 2.05) is 7.05 Å². The van der Waals surface area contributed by atoms with Crippen LogP contribution < -0.4 is 5.32 Å². The molecule has 1 aromatic rings. The summed E-state index contributed by atoms with van der Waals surface area (Å²) in [5.74, 6) is 2.35. The number of hydrogen-bond acceptors (Lipinski definition) is 3. The van der Waals surface area contributed by atoms with Gasteiger partial charge in [-0.3, -0.25) is 0 Å². The molecule has 0 fully saturated rings. The van der Waals surface area contributed by atoms with E-state index in [4.69, 9.17) is 0 Å². The van der Waals surface area contributed by atoms with Crippen molar-refractivity contribution in [3.05, 3.63) is 17.1 Å². The predicted octanol–water partition coefficient (Wildman–Crippen LogP) is 2.51. The first-order valence-corrected chi connectivity index (χ1v) is 5.15. The zero-order chi connectivity index (χ0) is 10.7. The summed E-state index contributed by atoms with van der Waals surface area (Å²) in [5, 5.41) is 3.14. The molecule has 3 nitrogen and oxygen atoms in total. The molecular formula is C11H19N3. The summed E-state index contributed by atoms with van der Waals surface area (Å²) in [7, 11) is 1.91. The molecule has 0 aliphatic rings. The molecule has 0 amide bonds. The van der Waals surface area contributed by atoms with Gasteiger partial charge in [0.1, 0.15) is 11.6 Å². The molecule has 0 atom stereocenters. The number of aromatic nitrogens is 2. The fourth-order valence-electron chi connectivity index (χ4n) is 1.68. The number of nitrogens with zero attached hydrogens (tertiary/aromatic N) is 2. The lowest BCUT2D eigenvalue weighted by Gasteiger charge is -2.14. The lowest BCUT2D eigenvalue weighted by atomic mass is 10.0. The van der Waals surface area contributed by atoms with Gasteiger partial charge in [-0.15, -0.1) is 0 Å². The van der Waals surface area contributed by atoms with Crippen molar-refractivity contribution < 1.29 is 0 Å². The molecule has 0 aromatic carbocycles. The van der Waals surface area contributed by atoms with E-state index in [1.165, 1.54) is 5.56 Å². The van der Waals surface area contributed by atoms with Crippen LogP contribution in [0.25, 0.3) is 0 Å². The molecule has 0 radical (unpaired) electrons. The number of anilines is 1. The quantitative estimate of drug-likeness (QED) is 0.801. The van der Waals surface area contributed by atoms with Crippen LogP contribution in [-0.4, -0.2) is 17.0 Å². The standard InChI is InChI=1S/C11H19N3/c1-6-9-13-8(4)10(7(2)3)11(12-5)14-9/h7H,6H2,1-5H3,(H,12,13,14). The highest BCUT2D eigenvalue weighted by atomic mass is 15.0. The Morgan fingerprint density at radius 1 is 1.29 bits per heavy atom. The van der Waals surface area contributed by atoms with Crippen LogP contribution in [0.4, 0.5) is 5.82 Å². The normalized spacial score (nSPS) is 10.7. The Kier molecular flexibility index (Phi) is 3.44. The SMILES string of the molecule is CCc1nc(C)c(C(C)C)c(NC)n1. The largest absolute Gasteiger partial charge is 0.373 e. The Morgan fingerprint density at radius 3 is 2.36 bits per heavy atom. The van der Waals surface area contributed by atoms with Crippen molar-refractivity contribution in [3.63, 3.8) is 0 Å². The molecule has 1 rings (SSSR count). The second-order valence-electron chi connectivity index (χ2n) is 3.75. The molecule has 0 aliphatic carbocycles. The maximum Gasteiger partial charge on any atom is 0.133 e. The zero-order valence-corrected chi connectivity index (χ0v) is 9.68. The van der Waals surface area contributed by atoms with Gasteiger partial charge in [0.05, 0.1) is 0 Å². The van der Waals surface area contributed by atoms with Crippen molar-refractivity contribution in [1.29, 1.82) is 0 Å². The van der Waals surface area contributed by atoms with Crippen LogP contribution in [0.2, 0.25) is 0 Å².